The monoisotopic (exact) mass is 207 g/mol. The number of carboxylic acid groups (broad SMARTS) is 1. The molecule has 5 nitrogen and oxygen atoms in total. The summed E-state index contributed by atoms with van der Waals surface area (Å²) in [7, 11) is 0. The summed E-state index contributed by atoms with van der Waals surface area (Å²) in [6, 6.07) is 1.56. The van der Waals surface area contributed by atoms with Gasteiger partial charge in [0.25, 0.3) is 0 Å². The molecule has 5 heteroatoms. The van der Waals surface area contributed by atoms with E-state index in [2.05, 4.69) is 4.98 Å². The number of pyridine rings is 1. The highest BCUT2D eigenvalue weighted by Gasteiger charge is 2.09. The lowest BCUT2D eigenvalue weighted by atomic mass is 10.1. The van der Waals surface area contributed by atoms with E-state index in [0.717, 1.165) is 5.56 Å². The maximum Gasteiger partial charge on any atom is 0.371 e. The number of aliphatic carboxylic acids is 1. The molecule has 0 unspecified atom stereocenters. The molecule has 0 aliphatic rings. The Morgan fingerprint density at radius 3 is 2.53 bits per heavy atom. The average molecular weight is 207 g/mol. The Bertz CT molecular complexity index is 437. The predicted octanol–water partition coefficient (Wildman–Crippen LogP) is 1.10. The number of aliphatic hydroxyl groups excluding tert-OH is 1. The van der Waals surface area contributed by atoms with Gasteiger partial charge >= 0.3 is 5.97 Å². The molecule has 0 aromatic carbocycles. The van der Waals surface area contributed by atoms with Crippen molar-refractivity contribution in [3.8, 4) is 0 Å². The summed E-state index contributed by atoms with van der Waals surface area (Å²) in [5.41, 5.74) is 1.02. The first-order valence-corrected chi connectivity index (χ1v) is 4.10. The number of aryl methyl sites for hydroxylation is 1. The smallest absolute Gasteiger partial charge is 0.371 e. The van der Waals surface area contributed by atoms with Crippen molar-refractivity contribution in [2.75, 3.05) is 0 Å². The zero-order valence-electron chi connectivity index (χ0n) is 7.97. The lowest BCUT2D eigenvalue weighted by molar-refractivity contribution is -0.135. The number of aromatic nitrogens is 1. The van der Waals surface area contributed by atoms with Crippen molar-refractivity contribution in [2.45, 2.75) is 6.92 Å². The zero-order valence-corrected chi connectivity index (χ0v) is 7.97. The van der Waals surface area contributed by atoms with Crippen LogP contribution in [-0.4, -0.2) is 26.9 Å². The second kappa shape index (κ2) is 4.36. The van der Waals surface area contributed by atoms with Crippen LogP contribution < -0.4 is 0 Å². The summed E-state index contributed by atoms with van der Waals surface area (Å²) >= 11 is 0. The van der Waals surface area contributed by atoms with Gasteiger partial charge in [0.1, 0.15) is 0 Å². The molecule has 0 aliphatic carbocycles. The van der Waals surface area contributed by atoms with Crippen molar-refractivity contribution in [3.63, 3.8) is 0 Å². The molecule has 1 aromatic heterocycles. The maximum absolute atomic E-state index is 11.4. The van der Waals surface area contributed by atoms with E-state index in [0.29, 0.717) is 6.08 Å². The van der Waals surface area contributed by atoms with E-state index in [9.17, 15) is 9.59 Å². The van der Waals surface area contributed by atoms with E-state index >= 15 is 0 Å². The van der Waals surface area contributed by atoms with E-state index in [1.54, 1.807) is 19.2 Å². The first kappa shape index (κ1) is 10.9. The number of allylic oxidation sites excluding steroid dienone is 1. The van der Waals surface area contributed by atoms with Gasteiger partial charge in [-0.3, -0.25) is 9.78 Å². The van der Waals surface area contributed by atoms with Gasteiger partial charge in [0.05, 0.1) is 0 Å². The van der Waals surface area contributed by atoms with Crippen LogP contribution in [0.5, 0.6) is 0 Å². The molecule has 0 amide bonds. The van der Waals surface area contributed by atoms with E-state index in [1.165, 1.54) is 6.20 Å². The Labute approximate surface area is 85.7 Å². The van der Waals surface area contributed by atoms with Gasteiger partial charge in [0.15, 0.2) is 5.78 Å². The maximum atomic E-state index is 11.4. The van der Waals surface area contributed by atoms with Crippen LogP contribution in [0.4, 0.5) is 0 Å². The second-order valence-corrected chi connectivity index (χ2v) is 2.95. The average Bonchev–Trinajstić information content (AvgIpc) is 2.17. The van der Waals surface area contributed by atoms with E-state index < -0.39 is 17.5 Å². The number of aliphatic hydroxyl groups is 1. The number of hydrogen-bond acceptors (Lipinski definition) is 4. The lowest BCUT2D eigenvalue weighted by Crippen LogP contribution is -2.04. The summed E-state index contributed by atoms with van der Waals surface area (Å²) in [6.45, 7) is 1.75. The summed E-state index contributed by atoms with van der Waals surface area (Å²) in [5.74, 6) is -3.11. The molecule has 2 N–H and O–H groups in total. The van der Waals surface area contributed by atoms with Crippen LogP contribution in [-0.2, 0) is 4.79 Å². The van der Waals surface area contributed by atoms with E-state index in [-0.39, 0.29) is 5.56 Å². The molecule has 0 saturated carbocycles. The number of carbonyl (C=O) groups excluding carboxylic acids is 1. The third-order valence-electron chi connectivity index (χ3n) is 1.65. The van der Waals surface area contributed by atoms with Crippen molar-refractivity contribution in [3.05, 3.63) is 41.4 Å². The van der Waals surface area contributed by atoms with Crippen LogP contribution in [0.15, 0.2) is 30.3 Å². The molecular weight excluding hydrogens is 198 g/mol. The number of carbonyl (C=O) groups is 2. The zero-order chi connectivity index (χ0) is 11.4. The molecule has 0 aliphatic heterocycles. The molecule has 0 saturated heterocycles. The molecular formula is C10H9NO4. The van der Waals surface area contributed by atoms with Crippen molar-refractivity contribution in [2.24, 2.45) is 0 Å². The van der Waals surface area contributed by atoms with Gasteiger partial charge in [-0.15, -0.1) is 0 Å². The fourth-order valence-corrected chi connectivity index (χ4v) is 0.959. The highest BCUT2D eigenvalue weighted by molar-refractivity contribution is 6.07. The Morgan fingerprint density at radius 2 is 2.00 bits per heavy atom. The Kier molecular flexibility index (Phi) is 3.17. The summed E-state index contributed by atoms with van der Waals surface area (Å²) in [6.07, 6.45) is 3.53. The predicted molar refractivity (Wildman–Crippen MR) is 51.7 cm³/mol. The summed E-state index contributed by atoms with van der Waals surface area (Å²) in [5, 5.41) is 17.2. The number of hydrogen-bond donors (Lipinski definition) is 2. The van der Waals surface area contributed by atoms with Crippen molar-refractivity contribution in [1.29, 1.82) is 0 Å². The third kappa shape index (κ3) is 2.91. The van der Waals surface area contributed by atoms with Gasteiger partial charge in [0.2, 0.25) is 5.76 Å². The van der Waals surface area contributed by atoms with Crippen LogP contribution in [0.2, 0.25) is 0 Å². The number of rotatable bonds is 3. The van der Waals surface area contributed by atoms with Gasteiger partial charge in [-0.2, -0.15) is 0 Å². The molecule has 78 valence electrons. The fourth-order valence-electron chi connectivity index (χ4n) is 0.959. The highest BCUT2D eigenvalue weighted by atomic mass is 16.4. The Hall–Kier alpha value is -2.17. The molecule has 0 bridgehead atoms. The van der Waals surface area contributed by atoms with E-state index in [1.807, 2.05) is 0 Å². The van der Waals surface area contributed by atoms with Gasteiger partial charge in [-0.1, -0.05) is 0 Å². The summed E-state index contributed by atoms with van der Waals surface area (Å²) in [4.78, 5) is 25.4. The first-order chi connectivity index (χ1) is 7.00. The Balaban J connectivity index is 2.96. The molecule has 0 spiro atoms. The normalized spacial score (nSPS) is 11.1. The van der Waals surface area contributed by atoms with Gasteiger partial charge < -0.3 is 10.2 Å². The fraction of sp³-hybridized carbons (Fsp3) is 0.100. The molecule has 1 rings (SSSR count). The standard InChI is InChI=1S/C10H9NO4/c1-6-2-7(5-11-4-6)8(12)3-9(13)10(14)15/h2-5,13H,1H3,(H,14,15). The Morgan fingerprint density at radius 1 is 1.33 bits per heavy atom. The minimum atomic E-state index is -1.54. The SMILES string of the molecule is Cc1cncc(C(=O)C=C(O)C(=O)O)c1. The topological polar surface area (TPSA) is 87.5 Å². The second-order valence-electron chi connectivity index (χ2n) is 2.95. The molecule has 1 aromatic rings. The number of carboxylic acids is 1. The first-order valence-electron chi connectivity index (χ1n) is 4.10. The van der Waals surface area contributed by atoms with Crippen molar-refractivity contribution < 1.29 is 19.8 Å². The van der Waals surface area contributed by atoms with Crippen LogP contribution in [0.25, 0.3) is 0 Å². The van der Waals surface area contributed by atoms with Crippen LogP contribution >= 0.6 is 0 Å². The summed E-state index contributed by atoms with van der Waals surface area (Å²) < 4.78 is 0. The number of ketones is 1. The quantitative estimate of drug-likeness (QED) is 0.440. The molecule has 0 radical (unpaired) electrons. The van der Waals surface area contributed by atoms with Gasteiger partial charge in [0, 0.05) is 24.0 Å². The molecule has 1 heterocycles. The van der Waals surface area contributed by atoms with Gasteiger partial charge in [-0.25, -0.2) is 4.79 Å². The van der Waals surface area contributed by atoms with Crippen molar-refractivity contribution in [1.82, 2.24) is 4.98 Å². The van der Waals surface area contributed by atoms with Crippen molar-refractivity contribution >= 4 is 11.8 Å². The third-order valence-corrected chi connectivity index (χ3v) is 1.65. The van der Waals surface area contributed by atoms with Crippen LogP contribution in [0.3, 0.4) is 0 Å². The molecule has 0 atom stereocenters. The van der Waals surface area contributed by atoms with E-state index in [4.69, 9.17) is 10.2 Å². The van der Waals surface area contributed by atoms with Crippen LogP contribution in [0, 0.1) is 6.92 Å². The molecule has 15 heavy (non-hydrogen) atoms. The largest absolute Gasteiger partial charge is 0.502 e. The lowest BCUT2D eigenvalue weighted by Gasteiger charge is -1.97. The highest BCUT2D eigenvalue weighted by Crippen LogP contribution is 2.04. The minimum Gasteiger partial charge on any atom is -0.502 e. The molecule has 0 fully saturated rings. The van der Waals surface area contributed by atoms with Gasteiger partial charge in [-0.05, 0) is 18.6 Å². The minimum absolute atomic E-state index is 0.239. The number of nitrogens with zero attached hydrogens (tertiary/aromatic N) is 1. The van der Waals surface area contributed by atoms with Crippen LogP contribution in [0.1, 0.15) is 15.9 Å².